The molecule has 1 aromatic carbocycles. The average Bonchev–Trinajstić information content (AvgIpc) is 2.38. The molecule has 0 bridgehead atoms. The number of benzene rings is 1. The van der Waals surface area contributed by atoms with Gasteiger partial charge in [-0.3, -0.25) is 4.79 Å². The number of hydrogen-bond acceptors (Lipinski definition) is 3. The molecule has 2 rings (SSSR count). The van der Waals surface area contributed by atoms with Crippen LogP contribution < -0.4 is 10.6 Å². The zero-order valence-corrected chi connectivity index (χ0v) is 12.4. The number of piperidine rings is 1. The van der Waals surface area contributed by atoms with Gasteiger partial charge in [-0.15, -0.1) is 0 Å². The first kappa shape index (κ1) is 14.3. The maximum Gasteiger partial charge on any atom is 0.305 e. The summed E-state index contributed by atoms with van der Waals surface area (Å²) in [6.07, 6.45) is 3.71. The van der Waals surface area contributed by atoms with Crippen molar-refractivity contribution < 1.29 is 9.90 Å². The Kier molecular flexibility index (Phi) is 4.82. The second-order valence-corrected chi connectivity index (χ2v) is 5.82. The summed E-state index contributed by atoms with van der Waals surface area (Å²) >= 11 is 3.57. The first-order chi connectivity index (χ1) is 9.08. The predicted molar refractivity (Wildman–Crippen MR) is 79.4 cm³/mol. The van der Waals surface area contributed by atoms with Gasteiger partial charge in [0.2, 0.25) is 0 Å². The highest BCUT2D eigenvalue weighted by Crippen LogP contribution is 2.31. The van der Waals surface area contributed by atoms with Gasteiger partial charge < -0.3 is 15.7 Å². The zero-order valence-electron chi connectivity index (χ0n) is 10.8. The molecule has 104 valence electrons. The van der Waals surface area contributed by atoms with Crippen molar-refractivity contribution in [3.8, 4) is 0 Å². The van der Waals surface area contributed by atoms with Crippen molar-refractivity contribution in [3.63, 3.8) is 0 Å². The summed E-state index contributed by atoms with van der Waals surface area (Å²) in [7, 11) is 0. The molecular weight excluding hydrogens is 308 g/mol. The van der Waals surface area contributed by atoms with Crippen molar-refractivity contribution in [1.29, 1.82) is 0 Å². The van der Waals surface area contributed by atoms with E-state index in [0.29, 0.717) is 0 Å². The number of carbonyl (C=O) groups is 1. The minimum Gasteiger partial charge on any atom is -0.481 e. The minimum atomic E-state index is -0.872. The van der Waals surface area contributed by atoms with E-state index < -0.39 is 12.0 Å². The van der Waals surface area contributed by atoms with Gasteiger partial charge in [0.1, 0.15) is 0 Å². The first-order valence-electron chi connectivity index (χ1n) is 6.59. The van der Waals surface area contributed by atoms with Gasteiger partial charge in [-0.2, -0.15) is 0 Å². The quantitative estimate of drug-likeness (QED) is 0.892. The molecule has 1 atom stereocenters. The number of carboxylic acid groups (broad SMARTS) is 1. The Bertz CT molecular complexity index is 459. The molecule has 0 aromatic heterocycles. The molecule has 1 heterocycles. The highest BCUT2D eigenvalue weighted by atomic mass is 79.9. The smallest absolute Gasteiger partial charge is 0.305 e. The third kappa shape index (κ3) is 3.70. The topological polar surface area (TPSA) is 66.6 Å². The molecule has 0 aliphatic carbocycles. The molecule has 3 N–H and O–H groups in total. The van der Waals surface area contributed by atoms with E-state index in [1.807, 2.05) is 18.2 Å². The average molecular weight is 327 g/mol. The number of hydrogen-bond donors (Lipinski definition) is 2. The second kappa shape index (κ2) is 6.39. The van der Waals surface area contributed by atoms with E-state index >= 15 is 0 Å². The van der Waals surface area contributed by atoms with Gasteiger partial charge in [0, 0.05) is 23.6 Å². The Morgan fingerprint density at radius 3 is 2.63 bits per heavy atom. The summed E-state index contributed by atoms with van der Waals surface area (Å²) in [4.78, 5) is 13.0. The molecule has 0 radical (unpaired) electrons. The summed E-state index contributed by atoms with van der Waals surface area (Å²) in [5, 5.41) is 8.77. The Morgan fingerprint density at radius 1 is 1.37 bits per heavy atom. The lowest BCUT2D eigenvalue weighted by atomic mass is 10.0. The number of nitrogens with zero attached hydrogens (tertiary/aromatic N) is 1. The third-order valence-corrected chi connectivity index (χ3v) is 4.13. The summed E-state index contributed by atoms with van der Waals surface area (Å²) in [5.41, 5.74) is 7.91. The van der Waals surface area contributed by atoms with E-state index in [-0.39, 0.29) is 6.42 Å². The lowest BCUT2D eigenvalue weighted by Crippen LogP contribution is -2.29. The Labute approximate surface area is 121 Å². The van der Waals surface area contributed by atoms with Crippen LogP contribution in [0.25, 0.3) is 0 Å². The lowest BCUT2D eigenvalue weighted by Gasteiger charge is -2.30. The van der Waals surface area contributed by atoms with Gasteiger partial charge in [0.05, 0.1) is 12.1 Å². The number of carboxylic acids is 1. The maximum absolute atomic E-state index is 10.7. The lowest BCUT2D eigenvalue weighted by molar-refractivity contribution is -0.137. The van der Waals surface area contributed by atoms with Crippen LogP contribution in [0.5, 0.6) is 0 Å². The molecule has 1 unspecified atom stereocenters. The van der Waals surface area contributed by atoms with Crippen LogP contribution in [-0.4, -0.2) is 24.2 Å². The van der Waals surface area contributed by atoms with E-state index in [4.69, 9.17) is 10.8 Å². The number of rotatable bonds is 4. The van der Waals surface area contributed by atoms with Gasteiger partial charge >= 0.3 is 5.97 Å². The van der Waals surface area contributed by atoms with E-state index in [9.17, 15) is 4.79 Å². The molecule has 1 aliphatic heterocycles. The van der Waals surface area contributed by atoms with E-state index in [2.05, 4.69) is 20.8 Å². The fourth-order valence-corrected chi connectivity index (χ4v) is 3.10. The van der Waals surface area contributed by atoms with Crippen molar-refractivity contribution >= 4 is 27.6 Å². The highest BCUT2D eigenvalue weighted by Gasteiger charge is 2.16. The van der Waals surface area contributed by atoms with Crippen LogP contribution in [0.3, 0.4) is 0 Å². The van der Waals surface area contributed by atoms with Gasteiger partial charge in [0.15, 0.2) is 0 Å². The molecule has 1 aromatic rings. The molecule has 1 fully saturated rings. The van der Waals surface area contributed by atoms with Crippen LogP contribution in [-0.2, 0) is 4.79 Å². The Balaban J connectivity index is 2.14. The van der Waals surface area contributed by atoms with Crippen molar-refractivity contribution in [3.05, 3.63) is 28.2 Å². The van der Waals surface area contributed by atoms with Gasteiger partial charge in [-0.1, -0.05) is 6.07 Å². The standard InChI is InChI=1S/C14H19BrN2O2/c15-11-8-10(12(16)9-14(18)19)4-5-13(11)17-6-2-1-3-7-17/h4-5,8,12H,1-3,6-7,9,16H2,(H,18,19). The minimum absolute atomic E-state index is 0.0461. The molecule has 0 saturated carbocycles. The van der Waals surface area contributed by atoms with Crippen LogP contribution in [0.1, 0.15) is 37.3 Å². The van der Waals surface area contributed by atoms with Crippen molar-refractivity contribution in [2.75, 3.05) is 18.0 Å². The second-order valence-electron chi connectivity index (χ2n) is 4.96. The van der Waals surface area contributed by atoms with Gasteiger partial charge in [0.25, 0.3) is 0 Å². The zero-order chi connectivity index (χ0) is 13.8. The summed E-state index contributed by atoms with van der Waals surface area (Å²) in [6, 6.07) is 5.45. The number of anilines is 1. The molecular formula is C14H19BrN2O2. The van der Waals surface area contributed by atoms with E-state index in [1.54, 1.807) is 0 Å². The Hall–Kier alpha value is -1.07. The number of aliphatic carboxylic acids is 1. The molecule has 0 amide bonds. The largest absolute Gasteiger partial charge is 0.481 e. The summed E-state index contributed by atoms with van der Waals surface area (Å²) < 4.78 is 0.993. The van der Waals surface area contributed by atoms with Crippen molar-refractivity contribution in [2.45, 2.75) is 31.7 Å². The Morgan fingerprint density at radius 2 is 2.05 bits per heavy atom. The first-order valence-corrected chi connectivity index (χ1v) is 7.39. The highest BCUT2D eigenvalue weighted by molar-refractivity contribution is 9.10. The van der Waals surface area contributed by atoms with Gasteiger partial charge in [-0.05, 0) is 52.9 Å². The maximum atomic E-state index is 10.7. The molecule has 19 heavy (non-hydrogen) atoms. The predicted octanol–water partition coefficient (Wildman–Crippen LogP) is 2.91. The van der Waals surface area contributed by atoms with Gasteiger partial charge in [-0.25, -0.2) is 0 Å². The fraction of sp³-hybridized carbons (Fsp3) is 0.500. The summed E-state index contributed by atoms with van der Waals surface area (Å²) in [6.45, 7) is 2.16. The monoisotopic (exact) mass is 326 g/mol. The summed E-state index contributed by atoms with van der Waals surface area (Å²) in [5.74, 6) is -0.872. The molecule has 5 heteroatoms. The van der Waals surface area contributed by atoms with Crippen LogP contribution >= 0.6 is 15.9 Å². The normalized spacial score (nSPS) is 17.3. The van der Waals surface area contributed by atoms with Crippen molar-refractivity contribution in [1.82, 2.24) is 0 Å². The van der Waals surface area contributed by atoms with Crippen LogP contribution in [0.2, 0.25) is 0 Å². The molecule has 0 spiro atoms. The van der Waals surface area contributed by atoms with Crippen LogP contribution in [0.15, 0.2) is 22.7 Å². The molecule has 1 aliphatic rings. The number of nitrogens with two attached hydrogens (primary N) is 1. The van der Waals surface area contributed by atoms with E-state index in [1.165, 1.54) is 24.9 Å². The van der Waals surface area contributed by atoms with Crippen molar-refractivity contribution in [2.24, 2.45) is 5.73 Å². The molecule has 4 nitrogen and oxygen atoms in total. The van der Waals surface area contributed by atoms with Crippen LogP contribution in [0.4, 0.5) is 5.69 Å². The fourth-order valence-electron chi connectivity index (χ4n) is 2.45. The SMILES string of the molecule is NC(CC(=O)O)c1ccc(N2CCCCC2)c(Br)c1. The van der Waals surface area contributed by atoms with Crippen LogP contribution in [0, 0.1) is 0 Å². The van der Waals surface area contributed by atoms with E-state index in [0.717, 1.165) is 23.1 Å². The third-order valence-electron chi connectivity index (χ3n) is 3.49. The number of halogens is 1. The molecule has 1 saturated heterocycles.